The summed E-state index contributed by atoms with van der Waals surface area (Å²) in [4.78, 5) is 46.4. The highest BCUT2D eigenvalue weighted by molar-refractivity contribution is 6.00. The number of hydrogen-bond acceptors (Lipinski definition) is 6. The first-order valence-corrected chi connectivity index (χ1v) is 11.5. The number of nitrogens with one attached hydrogen (secondary N) is 2. The molecular weight excluding hydrogens is 446 g/mol. The van der Waals surface area contributed by atoms with Crippen LogP contribution < -0.4 is 10.6 Å². The zero-order valence-corrected chi connectivity index (χ0v) is 20.4. The number of carbonyl (C=O) groups excluding carboxylic acids is 3. The molecule has 184 valence electrons. The Balaban J connectivity index is 1.64. The van der Waals surface area contributed by atoms with E-state index in [9.17, 15) is 14.4 Å². The molecule has 0 saturated carbocycles. The average molecular weight is 478 g/mol. The van der Waals surface area contributed by atoms with Crippen LogP contribution in [-0.2, 0) is 22.4 Å². The van der Waals surface area contributed by atoms with E-state index in [0.29, 0.717) is 11.3 Å². The number of hydrogen-bond donors (Lipinski definition) is 2. The van der Waals surface area contributed by atoms with Gasteiger partial charge in [0.15, 0.2) is 5.78 Å². The topological polar surface area (TPSA) is 115 Å². The second-order valence-corrected chi connectivity index (χ2v) is 8.98. The first kappa shape index (κ1) is 25.6. The molecule has 0 bridgehead atoms. The van der Waals surface area contributed by atoms with Crippen molar-refractivity contribution in [3.05, 3.63) is 78.1 Å². The van der Waals surface area contributed by atoms with E-state index < -0.39 is 23.6 Å². The Kier molecular flexibility index (Phi) is 8.35. The molecule has 2 amide bonds. The first-order valence-electron chi connectivity index (χ1n) is 11.5. The van der Waals surface area contributed by atoms with Gasteiger partial charge in [-0.05, 0) is 57.2 Å². The normalized spacial score (nSPS) is 12.0. The Morgan fingerprint density at radius 2 is 1.77 bits per heavy atom. The predicted molar refractivity (Wildman–Crippen MR) is 131 cm³/mol. The van der Waals surface area contributed by atoms with Crippen LogP contribution in [-0.4, -0.2) is 50.5 Å². The van der Waals surface area contributed by atoms with Crippen LogP contribution in [0.2, 0.25) is 0 Å². The monoisotopic (exact) mass is 477 g/mol. The molecule has 9 heteroatoms. The molecule has 3 rings (SSSR count). The third kappa shape index (κ3) is 7.49. The Morgan fingerprint density at radius 3 is 2.40 bits per heavy atom. The van der Waals surface area contributed by atoms with Crippen LogP contribution in [0.3, 0.4) is 0 Å². The maximum absolute atomic E-state index is 12.9. The van der Waals surface area contributed by atoms with E-state index in [1.165, 1.54) is 0 Å². The fourth-order valence-corrected chi connectivity index (χ4v) is 3.42. The molecule has 35 heavy (non-hydrogen) atoms. The summed E-state index contributed by atoms with van der Waals surface area (Å²) in [6.07, 6.45) is 5.44. The Morgan fingerprint density at radius 1 is 1.03 bits per heavy atom. The molecule has 0 saturated heterocycles. The number of alkyl carbamates (subject to hydrolysis) is 1. The molecule has 0 unspecified atom stereocenters. The predicted octanol–water partition coefficient (Wildman–Crippen LogP) is 3.26. The zero-order chi connectivity index (χ0) is 25.4. The summed E-state index contributed by atoms with van der Waals surface area (Å²) in [5.74, 6) is 0.172. The smallest absolute Gasteiger partial charge is 0.408 e. The average Bonchev–Trinajstić information content (AvgIpc) is 3.30. The number of ether oxygens (including phenoxy) is 1. The summed E-state index contributed by atoms with van der Waals surface area (Å²) < 4.78 is 7.24. The van der Waals surface area contributed by atoms with E-state index >= 15 is 0 Å². The van der Waals surface area contributed by atoms with E-state index in [1.54, 1.807) is 63.5 Å². The number of Topliss-reactive ketones (excluding diaryl/α,β-unsaturated/α-hetero) is 1. The largest absolute Gasteiger partial charge is 0.444 e. The fraction of sp³-hybridized carbons (Fsp3) is 0.346. The van der Waals surface area contributed by atoms with E-state index in [1.807, 2.05) is 29.8 Å². The molecule has 2 N–H and O–H groups in total. The molecule has 1 atom stereocenters. The number of carbonyl (C=O) groups is 3. The van der Waals surface area contributed by atoms with Gasteiger partial charge in [0.1, 0.15) is 17.5 Å². The van der Waals surface area contributed by atoms with Gasteiger partial charge in [0.05, 0.1) is 6.54 Å². The van der Waals surface area contributed by atoms with Crippen molar-refractivity contribution in [3.8, 4) is 5.69 Å². The summed E-state index contributed by atoms with van der Waals surface area (Å²) in [6, 6.07) is 11.5. The Bertz CT molecular complexity index is 1150. The lowest BCUT2D eigenvalue weighted by atomic mass is 10.1. The number of pyridine rings is 1. The highest BCUT2D eigenvalue weighted by atomic mass is 16.6. The van der Waals surface area contributed by atoms with Crippen molar-refractivity contribution in [3.63, 3.8) is 0 Å². The molecule has 9 nitrogen and oxygen atoms in total. The van der Waals surface area contributed by atoms with Crippen molar-refractivity contribution >= 4 is 17.8 Å². The summed E-state index contributed by atoms with van der Waals surface area (Å²) in [5.41, 5.74) is 1.27. The van der Waals surface area contributed by atoms with Crippen molar-refractivity contribution in [2.24, 2.45) is 0 Å². The second kappa shape index (κ2) is 11.4. The lowest BCUT2D eigenvalue weighted by Gasteiger charge is -2.23. The number of aromatic nitrogens is 3. The highest BCUT2D eigenvalue weighted by Gasteiger charge is 2.25. The van der Waals surface area contributed by atoms with Crippen molar-refractivity contribution in [2.45, 2.75) is 52.2 Å². The molecular formula is C26H31N5O4. The number of nitrogens with zero attached hydrogens (tertiary/aromatic N) is 3. The third-order valence-corrected chi connectivity index (χ3v) is 5.07. The summed E-state index contributed by atoms with van der Waals surface area (Å²) in [5, 5.41) is 5.21. The number of benzene rings is 1. The number of imidazole rings is 1. The molecule has 0 radical (unpaired) electrons. The second-order valence-electron chi connectivity index (χ2n) is 8.98. The van der Waals surface area contributed by atoms with Gasteiger partial charge >= 0.3 is 6.09 Å². The minimum atomic E-state index is -0.955. The Labute approximate surface area is 204 Å². The number of rotatable bonds is 9. The summed E-state index contributed by atoms with van der Waals surface area (Å²) in [6.45, 7) is 7.02. The van der Waals surface area contributed by atoms with Gasteiger partial charge in [0.25, 0.3) is 0 Å². The number of amides is 2. The first-order chi connectivity index (χ1) is 16.7. The minimum absolute atomic E-state index is 0.152. The van der Waals surface area contributed by atoms with Crippen LogP contribution in [0.5, 0.6) is 0 Å². The minimum Gasteiger partial charge on any atom is -0.444 e. The van der Waals surface area contributed by atoms with E-state index in [-0.39, 0.29) is 18.7 Å². The SMILES string of the molecule is CCc1nccn1-c1ccc(C(=O)CNC(=O)[C@H](Cc2ccccn2)NC(=O)OC(C)(C)C)cc1. The van der Waals surface area contributed by atoms with E-state index in [0.717, 1.165) is 17.9 Å². The van der Waals surface area contributed by atoms with Gasteiger partial charge in [0, 0.05) is 48.4 Å². The van der Waals surface area contributed by atoms with Gasteiger partial charge in [-0.3, -0.25) is 14.6 Å². The summed E-state index contributed by atoms with van der Waals surface area (Å²) >= 11 is 0. The standard InChI is InChI=1S/C26H31N5O4/c1-5-23-28-14-15-31(23)20-11-9-18(10-12-20)22(32)17-29-24(33)21(16-19-8-6-7-13-27-19)30-25(34)35-26(2,3)4/h6-15,21H,5,16-17H2,1-4H3,(H,29,33)(H,30,34)/t21-/m0/s1. The van der Waals surface area contributed by atoms with E-state index in [4.69, 9.17) is 4.74 Å². The van der Waals surface area contributed by atoms with Crippen molar-refractivity contribution < 1.29 is 19.1 Å². The van der Waals surface area contributed by atoms with Crippen LogP contribution in [0.25, 0.3) is 5.69 Å². The van der Waals surface area contributed by atoms with Gasteiger partial charge < -0.3 is 19.9 Å². The van der Waals surface area contributed by atoms with Gasteiger partial charge in [-0.2, -0.15) is 0 Å². The van der Waals surface area contributed by atoms with Crippen molar-refractivity contribution in [2.75, 3.05) is 6.54 Å². The maximum atomic E-state index is 12.9. The molecule has 0 spiro atoms. The zero-order valence-electron chi connectivity index (χ0n) is 20.4. The fourth-order valence-electron chi connectivity index (χ4n) is 3.42. The lowest BCUT2D eigenvalue weighted by molar-refractivity contribution is -0.123. The molecule has 1 aromatic carbocycles. The van der Waals surface area contributed by atoms with Crippen LogP contribution in [0.4, 0.5) is 4.79 Å². The molecule has 2 heterocycles. The molecule has 0 aliphatic carbocycles. The highest BCUT2D eigenvalue weighted by Crippen LogP contribution is 2.13. The van der Waals surface area contributed by atoms with Crippen LogP contribution in [0.1, 0.15) is 49.6 Å². The van der Waals surface area contributed by atoms with Gasteiger partial charge in [-0.15, -0.1) is 0 Å². The number of ketones is 1. The molecule has 0 aliphatic rings. The van der Waals surface area contributed by atoms with Gasteiger partial charge in [-0.1, -0.05) is 13.0 Å². The quantitative estimate of drug-likeness (QED) is 0.457. The van der Waals surface area contributed by atoms with Crippen LogP contribution in [0, 0.1) is 0 Å². The summed E-state index contributed by atoms with van der Waals surface area (Å²) in [7, 11) is 0. The Hall–Kier alpha value is -4.01. The number of aryl methyl sites for hydroxylation is 1. The van der Waals surface area contributed by atoms with Gasteiger partial charge in [0.2, 0.25) is 5.91 Å². The third-order valence-electron chi connectivity index (χ3n) is 5.07. The van der Waals surface area contributed by atoms with E-state index in [2.05, 4.69) is 20.6 Å². The van der Waals surface area contributed by atoms with Crippen molar-refractivity contribution in [1.29, 1.82) is 0 Å². The molecule has 0 fully saturated rings. The van der Waals surface area contributed by atoms with Crippen LogP contribution >= 0.6 is 0 Å². The van der Waals surface area contributed by atoms with Crippen molar-refractivity contribution in [1.82, 2.24) is 25.2 Å². The van der Waals surface area contributed by atoms with Gasteiger partial charge in [-0.25, -0.2) is 9.78 Å². The molecule has 2 aromatic heterocycles. The molecule has 3 aromatic rings. The lowest BCUT2D eigenvalue weighted by Crippen LogP contribution is -2.50. The van der Waals surface area contributed by atoms with Crippen LogP contribution in [0.15, 0.2) is 61.1 Å². The maximum Gasteiger partial charge on any atom is 0.408 e. The molecule has 0 aliphatic heterocycles.